The van der Waals surface area contributed by atoms with Crippen LogP contribution in [0.4, 0.5) is 0 Å². The van der Waals surface area contributed by atoms with Gasteiger partial charge >= 0.3 is 0 Å². The van der Waals surface area contributed by atoms with Crippen molar-refractivity contribution in [3.63, 3.8) is 0 Å². The molecular formula is C22H30Cl2N2. The Kier molecular flexibility index (Phi) is 7.54. The van der Waals surface area contributed by atoms with Crippen LogP contribution in [0.25, 0.3) is 11.1 Å². The van der Waals surface area contributed by atoms with Crippen LogP contribution in [0.1, 0.15) is 43.0 Å². The highest BCUT2D eigenvalue weighted by Gasteiger charge is 2.28. The molecule has 1 unspecified atom stereocenters. The smallest absolute Gasteiger partial charge is 0.0374 e. The van der Waals surface area contributed by atoms with Gasteiger partial charge < -0.3 is 5.32 Å². The highest BCUT2D eigenvalue weighted by Crippen LogP contribution is 2.39. The Morgan fingerprint density at radius 3 is 2.38 bits per heavy atom. The minimum absolute atomic E-state index is 0. The SMILES string of the molecule is CCC(C)[C@H](c1ccc2c(c1)Cc1ccccc1-2)N1CCNCC1.Cl.Cl. The fourth-order valence-corrected chi connectivity index (χ4v) is 4.43. The van der Waals surface area contributed by atoms with Gasteiger partial charge in [0.1, 0.15) is 0 Å². The Morgan fingerprint density at radius 1 is 0.962 bits per heavy atom. The number of nitrogens with one attached hydrogen (secondary N) is 1. The lowest BCUT2D eigenvalue weighted by atomic mass is 9.88. The monoisotopic (exact) mass is 392 g/mol. The zero-order valence-electron chi connectivity index (χ0n) is 15.7. The summed E-state index contributed by atoms with van der Waals surface area (Å²) in [4.78, 5) is 2.69. The second-order valence-electron chi connectivity index (χ2n) is 7.37. The van der Waals surface area contributed by atoms with Crippen molar-refractivity contribution in [3.05, 3.63) is 59.2 Å². The highest BCUT2D eigenvalue weighted by molar-refractivity contribution is 5.85. The molecular weight excluding hydrogens is 363 g/mol. The molecule has 0 radical (unpaired) electrons. The first kappa shape index (κ1) is 21.2. The van der Waals surface area contributed by atoms with Crippen molar-refractivity contribution in [3.8, 4) is 11.1 Å². The van der Waals surface area contributed by atoms with Gasteiger partial charge in [-0.25, -0.2) is 0 Å². The normalized spacial score (nSPS) is 18.1. The van der Waals surface area contributed by atoms with E-state index in [0.717, 1.165) is 32.6 Å². The van der Waals surface area contributed by atoms with Gasteiger partial charge in [0, 0.05) is 32.2 Å². The summed E-state index contributed by atoms with van der Waals surface area (Å²) in [5.74, 6) is 0.685. The van der Waals surface area contributed by atoms with Crippen molar-refractivity contribution in [1.82, 2.24) is 10.2 Å². The van der Waals surface area contributed by atoms with Crippen LogP contribution in [0.15, 0.2) is 42.5 Å². The third kappa shape index (κ3) is 3.94. The predicted molar refractivity (Wildman–Crippen MR) is 116 cm³/mol. The van der Waals surface area contributed by atoms with Gasteiger partial charge in [-0.3, -0.25) is 4.90 Å². The molecule has 0 spiro atoms. The van der Waals surface area contributed by atoms with Crippen LogP contribution in [0.5, 0.6) is 0 Å². The van der Waals surface area contributed by atoms with Gasteiger partial charge in [0.2, 0.25) is 0 Å². The molecule has 2 nitrogen and oxygen atoms in total. The van der Waals surface area contributed by atoms with Crippen LogP contribution in [0.3, 0.4) is 0 Å². The van der Waals surface area contributed by atoms with E-state index >= 15 is 0 Å². The van der Waals surface area contributed by atoms with Gasteiger partial charge in [-0.2, -0.15) is 0 Å². The summed E-state index contributed by atoms with van der Waals surface area (Å²) in [6, 6.07) is 16.7. The molecule has 4 heteroatoms. The first-order chi connectivity index (χ1) is 11.8. The molecule has 0 saturated carbocycles. The number of nitrogens with zero attached hydrogens (tertiary/aromatic N) is 1. The van der Waals surface area contributed by atoms with E-state index in [-0.39, 0.29) is 24.8 Å². The minimum Gasteiger partial charge on any atom is -0.314 e. The number of fused-ring (bicyclic) bond motifs is 3. The fraction of sp³-hybridized carbons (Fsp3) is 0.455. The molecule has 142 valence electrons. The standard InChI is InChI=1S/C22H28N2.2ClH/c1-3-16(2)22(24-12-10-23-11-13-24)18-8-9-21-19(15-18)14-17-6-4-5-7-20(17)21;;/h4-9,15-16,22-23H,3,10-14H2,1-2H3;2*1H/t16?,22-;;/m1../s1. The van der Waals surface area contributed by atoms with Gasteiger partial charge in [-0.05, 0) is 40.2 Å². The van der Waals surface area contributed by atoms with E-state index in [1.54, 1.807) is 0 Å². The number of piperazine rings is 1. The maximum Gasteiger partial charge on any atom is 0.0374 e. The minimum atomic E-state index is 0. The summed E-state index contributed by atoms with van der Waals surface area (Å²) in [5.41, 5.74) is 7.38. The Hall–Kier alpha value is -1.06. The molecule has 1 aliphatic heterocycles. The molecule has 0 aromatic heterocycles. The molecule has 0 amide bonds. The number of benzene rings is 2. The van der Waals surface area contributed by atoms with E-state index in [0.29, 0.717) is 12.0 Å². The number of rotatable bonds is 4. The number of halogens is 2. The van der Waals surface area contributed by atoms with Gasteiger partial charge in [-0.1, -0.05) is 62.7 Å². The second kappa shape index (κ2) is 9.23. The fourth-order valence-electron chi connectivity index (χ4n) is 4.43. The zero-order valence-corrected chi connectivity index (χ0v) is 17.3. The van der Waals surface area contributed by atoms with Crippen molar-refractivity contribution in [1.29, 1.82) is 0 Å². The van der Waals surface area contributed by atoms with Crippen LogP contribution in [0.2, 0.25) is 0 Å². The number of hydrogen-bond acceptors (Lipinski definition) is 2. The summed E-state index contributed by atoms with van der Waals surface area (Å²) >= 11 is 0. The van der Waals surface area contributed by atoms with E-state index in [9.17, 15) is 0 Å². The van der Waals surface area contributed by atoms with E-state index in [2.05, 4.69) is 66.5 Å². The topological polar surface area (TPSA) is 15.3 Å². The van der Waals surface area contributed by atoms with Gasteiger partial charge in [0.25, 0.3) is 0 Å². The molecule has 4 rings (SSSR count). The van der Waals surface area contributed by atoms with E-state index in [1.807, 2.05) is 0 Å². The Labute approximate surface area is 170 Å². The first-order valence-electron chi connectivity index (χ1n) is 9.43. The molecule has 1 heterocycles. The molecule has 1 saturated heterocycles. The average Bonchev–Trinajstić information content (AvgIpc) is 3.00. The van der Waals surface area contributed by atoms with Gasteiger partial charge in [0.15, 0.2) is 0 Å². The van der Waals surface area contributed by atoms with E-state index < -0.39 is 0 Å². The Bertz CT molecular complexity index is 726. The third-order valence-corrected chi connectivity index (χ3v) is 5.89. The van der Waals surface area contributed by atoms with Crippen LogP contribution in [-0.4, -0.2) is 31.1 Å². The molecule has 2 aliphatic rings. The maximum absolute atomic E-state index is 3.49. The van der Waals surface area contributed by atoms with E-state index in [1.165, 1.54) is 34.2 Å². The van der Waals surface area contributed by atoms with Crippen LogP contribution >= 0.6 is 24.8 Å². The summed E-state index contributed by atoms with van der Waals surface area (Å²) in [7, 11) is 0. The van der Waals surface area contributed by atoms with Crippen molar-refractivity contribution in [2.45, 2.75) is 32.7 Å². The molecule has 2 atom stereocenters. The molecule has 1 N–H and O–H groups in total. The quantitative estimate of drug-likeness (QED) is 0.664. The lowest BCUT2D eigenvalue weighted by Crippen LogP contribution is -2.46. The molecule has 2 aromatic carbocycles. The second-order valence-corrected chi connectivity index (χ2v) is 7.37. The zero-order chi connectivity index (χ0) is 16.5. The summed E-state index contributed by atoms with van der Waals surface area (Å²) in [6.07, 6.45) is 2.32. The van der Waals surface area contributed by atoms with Crippen LogP contribution in [-0.2, 0) is 6.42 Å². The summed E-state index contributed by atoms with van der Waals surface area (Å²) in [5, 5.41) is 3.49. The average molecular weight is 393 g/mol. The Morgan fingerprint density at radius 2 is 1.65 bits per heavy atom. The van der Waals surface area contributed by atoms with Crippen molar-refractivity contribution in [2.75, 3.05) is 26.2 Å². The van der Waals surface area contributed by atoms with Crippen molar-refractivity contribution < 1.29 is 0 Å². The molecule has 0 bridgehead atoms. The van der Waals surface area contributed by atoms with E-state index in [4.69, 9.17) is 0 Å². The molecule has 2 aromatic rings. The first-order valence-corrected chi connectivity index (χ1v) is 9.43. The Balaban J connectivity index is 0.00000121. The predicted octanol–water partition coefficient (Wildman–Crippen LogP) is 5.09. The van der Waals surface area contributed by atoms with Crippen molar-refractivity contribution >= 4 is 24.8 Å². The third-order valence-electron chi connectivity index (χ3n) is 5.89. The van der Waals surface area contributed by atoms with Crippen LogP contribution < -0.4 is 5.32 Å². The summed E-state index contributed by atoms with van der Waals surface area (Å²) in [6.45, 7) is 9.28. The van der Waals surface area contributed by atoms with Crippen molar-refractivity contribution in [2.24, 2.45) is 5.92 Å². The van der Waals surface area contributed by atoms with Gasteiger partial charge in [0.05, 0.1) is 0 Å². The van der Waals surface area contributed by atoms with Gasteiger partial charge in [-0.15, -0.1) is 24.8 Å². The maximum atomic E-state index is 3.49. The summed E-state index contributed by atoms with van der Waals surface area (Å²) < 4.78 is 0. The largest absolute Gasteiger partial charge is 0.314 e. The number of hydrogen-bond donors (Lipinski definition) is 1. The van der Waals surface area contributed by atoms with Crippen LogP contribution in [0, 0.1) is 5.92 Å². The lowest BCUT2D eigenvalue weighted by molar-refractivity contribution is 0.128. The molecule has 1 aliphatic carbocycles. The molecule has 26 heavy (non-hydrogen) atoms. The highest BCUT2D eigenvalue weighted by atomic mass is 35.5. The molecule has 1 fully saturated rings. The lowest BCUT2D eigenvalue weighted by Gasteiger charge is -2.38.